The number of rotatable bonds is 4. The first kappa shape index (κ1) is 23.2. The van der Waals surface area contributed by atoms with Crippen LogP contribution in [0.3, 0.4) is 0 Å². The Hall–Kier alpha value is -1.83. The van der Waals surface area contributed by atoms with E-state index in [0.717, 1.165) is 5.56 Å². The number of nitro benzene ring substituents is 1. The number of non-ortho nitro benzene ring substituents is 1. The van der Waals surface area contributed by atoms with Crippen LogP contribution in [0.4, 0.5) is 5.69 Å². The standard InChI is InChI=1S/C22H33NO2Si2/c1-17(2)27(18(3)4,19(5)6)15-13-21-16-22(23(24)25)11-10-20(21)12-14-26(7,8)9/h10-11,16-19H,1-9H3. The molecule has 0 radical (unpaired) electrons. The van der Waals surface area contributed by atoms with Gasteiger partial charge in [-0.1, -0.05) is 73.0 Å². The van der Waals surface area contributed by atoms with E-state index in [2.05, 4.69) is 84.1 Å². The first-order chi connectivity index (χ1) is 12.3. The van der Waals surface area contributed by atoms with Crippen LogP contribution < -0.4 is 0 Å². The molecule has 0 spiro atoms. The predicted molar refractivity (Wildman–Crippen MR) is 121 cm³/mol. The number of nitrogens with zero attached hydrogens (tertiary/aromatic N) is 1. The van der Waals surface area contributed by atoms with Crippen molar-refractivity contribution < 1.29 is 4.92 Å². The lowest BCUT2D eigenvalue weighted by Crippen LogP contribution is -2.43. The van der Waals surface area contributed by atoms with E-state index in [1.165, 1.54) is 6.07 Å². The third-order valence-electron chi connectivity index (χ3n) is 5.07. The smallest absolute Gasteiger partial charge is 0.258 e. The van der Waals surface area contributed by atoms with Crippen LogP contribution in [0, 0.1) is 33.0 Å². The summed E-state index contributed by atoms with van der Waals surface area (Å²) in [5, 5.41) is 11.2. The maximum Gasteiger partial charge on any atom is 0.270 e. The molecular weight excluding hydrogens is 366 g/mol. The molecule has 146 valence electrons. The zero-order chi connectivity index (χ0) is 21.0. The van der Waals surface area contributed by atoms with Crippen molar-refractivity contribution >= 4 is 21.8 Å². The van der Waals surface area contributed by atoms with Crippen LogP contribution in [0.25, 0.3) is 0 Å². The molecule has 0 aromatic heterocycles. The van der Waals surface area contributed by atoms with E-state index in [-0.39, 0.29) is 10.6 Å². The van der Waals surface area contributed by atoms with Crippen LogP contribution in [-0.4, -0.2) is 21.1 Å². The van der Waals surface area contributed by atoms with Gasteiger partial charge in [-0.15, -0.1) is 11.1 Å². The normalized spacial score (nSPS) is 11.9. The average Bonchev–Trinajstić information content (AvgIpc) is 2.51. The van der Waals surface area contributed by atoms with Gasteiger partial charge in [-0.25, -0.2) is 0 Å². The molecule has 0 aliphatic heterocycles. The summed E-state index contributed by atoms with van der Waals surface area (Å²) >= 11 is 0. The topological polar surface area (TPSA) is 43.1 Å². The molecule has 0 unspecified atom stereocenters. The predicted octanol–water partition coefficient (Wildman–Crippen LogP) is 6.39. The Kier molecular flexibility index (Phi) is 7.66. The summed E-state index contributed by atoms with van der Waals surface area (Å²) in [7, 11) is -3.45. The minimum absolute atomic E-state index is 0.0729. The fourth-order valence-electron chi connectivity index (χ4n) is 3.72. The fourth-order valence-corrected chi connectivity index (χ4v) is 9.45. The van der Waals surface area contributed by atoms with Crippen LogP contribution in [0.1, 0.15) is 52.7 Å². The van der Waals surface area contributed by atoms with E-state index in [1.807, 2.05) is 0 Å². The molecule has 0 aliphatic rings. The molecule has 0 atom stereocenters. The summed E-state index contributed by atoms with van der Waals surface area (Å²) in [5.74, 6) is 6.60. The Balaban J connectivity index is 3.64. The van der Waals surface area contributed by atoms with Crippen LogP contribution >= 0.6 is 0 Å². The van der Waals surface area contributed by atoms with Gasteiger partial charge in [-0.3, -0.25) is 10.1 Å². The summed E-state index contributed by atoms with van der Waals surface area (Å²) in [6.07, 6.45) is 0. The maximum absolute atomic E-state index is 11.2. The van der Waals surface area contributed by atoms with E-state index in [9.17, 15) is 10.1 Å². The van der Waals surface area contributed by atoms with E-state index < -0.39 is 16.1 Å². The first-order valence-corrected chi connectivity index (χ1v) is 15.4. The van der Waals surface area contributed by atoms with Crippen molar-refractivity contribution in [1.82, 2.24) is 0 Å². The zero-order valence-electron chi connectivity index (χ0n) is 18.2. The van der Waals surface area contributed by atoms with Gasteiger partial charge in [0.2, 0.25) is 0 Å². The second kappa shape index (κ2) is 8.91. The van der Waals surface area contributed by atoms with Gasteiger partial charge in [-0.05, 0) is 22.7 Å². The number of benzene rings is 1. The number of nitro groups is 1. The van der Waals surface area contributed by atoms with Crippen LogP contribution in [0.2, 0.25) is 36.3 Å². The van der Waals surface area contributed by atoms with Crippen molar-refractivity contribution in [2.45, 2.75) is 77.8 Å². The third kappa shape index (κ3) is 5.82. The summed E-state index contributed by atoms with van der Waals surface area (Å²) in [6, 6.07) is 4.86. The van der Waals surface area contributed by atoms with E-state index in [0.29, 0.717) is 22.2 Å². The van der Waals surface area contributed by atoms with Crippen molar-refractivity contribution in [3.8, 4) is 22.9 Å². The van der Waals surface area contributed by atoms with Gasteiger partial charge in [-0.2, -0.15) is 0 Å². The molecule has 0 saturated carbocycles. The molecular formula is C22H33NO2Si2. The lowest BCUT2D eigenvalue weighted by Gasteiger charge is -2.38. The van der Waals surface area contributed by atoms with E-state index in [1.54, 1.807) is 12.1 Å². The molecule has 0 saturated heterocycles. The molecule has 0 heterocycles. The largest absolute Gasteiger partial charge is 0.270 e. The Bertz CT molecular complexity index is 791. The zero-order valence-corrected chi connectivity index (χ0v) is 20.2. The minimum Gasteiger partial charge on any atom is -0.258 e. The van der Waals surface area contributed by atoms with Crippen molar-refractivity contribution in [2.24, 2.45) is 0 Å². The molecule has 1 aromatic rings. The molecule has 0 aliphatic carbocycles. The van der Waals surface area contributed by atoms with Gasteiger partial charge < -0.3 is 0 Å². The van der Waals surface area contributed by atoms with Crippen LogP contribution in [-0.2, 0) is 0 Å². The van der Waals surface area contributed by atoms with Crippen molar-refractivity contribution in [3.05, 3.63) is 39.4 Å². The molecule has 1 aromatic carbocycles. The highest BCUT2D eigenvalue weighted by Crippen LogP contribution is 2.40. The van der Waals surface area contributed by atoms with Gasteiger partial charge in [0.15, 0.2) is 0 Å². The number of hydrogen-bond donors (Lipinski definition) is 0. The lowest BCUT2D eigenvalue weighted by molar-refractivity contribution is -0.384. The molecule has 0 amide bonds. The second-order valence-electron chi connectivity index (χ2n) is 9.13. The van der Waals surface area contributed by atoms with E-state index in [4.69, 9.17) is 0 Å². The van der Waals surface area contributed by atoms with Crippen LogP contribution in [0.15, 0.2) is 18.2 Å². The Morgan fingerprint density at radius 3 is 1.74 bits per heavy atom. The molecule has 27 heavy (non-hydrogen) atoms. The molecule has 0 N–H and O–H groups in total. The Labute approximate surface area is 167 Å². The van der Waals surface area contributed by atoms with Crippen molar-refractivity contribution in [1.29, 1.82) is 0 Å². The first-order valence-electron chi connectivity index (χ1n) is 9.66. The summed E-state index contributed by atoms with van der Waals surface area (Å²) in [5.41, 5.74) is 10.1. The van der Waals surface area contributed by atoms with E-state index >= 15 is 0 Å². The summed E-state index contributed by atoms with van der Waals surface area (Å²) in [6.45, 7) is 20.1. The molecule has 5 heteroatoms. The SMILES string of the molecule is CC(C)[Si](C#Cc1cc([N+](=O)[O-])ccc1C#C[Si](C)(C)C)(C(C)C)C(C)C. The Morgan fingerprint density at radius 1 is 0.852 bits per heavy atom. The molecule has 1 rings (SSSR count). The highest BCUT2D eigenvalue weighted by Gasteiger charge is 2.41. The van der Waals surface area contributed by atoms with Crippen LogP contribution in [0.5, 0.6) is 0 Å². The van der Waals surface area contributed by atoms with Gasteiger partial charge >= 0.3 is 0 Å². The average molecular weight is 400 g/mol. The van der Waals surface area contributed by atoms with Gasteiger partial charge in [0.25, 0.3) is 5.69 Å². The lowest BCUT2D eigenvalue weighted by atomic mass is 10.1. The molecule has 0 fully saturated rings. The maximum atomic E-state index is 11.2. The fraction of sp³-hybridized carbons (Fsp3) is 0.545. The minimum atomic E-state index is -1.91. The van der Waals surface area contributed by atoms with Crippen molar-refractivity contribution in [3.63, 3.8) is 0 Å². The quantitative estimate of drug-likeness (QED) is 0.255. The van der Waals surface area contributed by atoms with Gasteiger partial charge in [0.05, 0.1) is 4.92 Å². The van der Waals surface area contributed by atoms with Crippen molar-refractivity contribution in [2.75, 3.05) is 0 Å². The van der Waals surface area contributed by atoms with Gasteiger partial charge in [0.1, 0.15) is 16.1 Å². The Morgan fingerprint density at radius 2 is 1.33 bits per heavy atom. The monoisotopic (exact) mass is 399 g/mol. The summed E-state index contributed by atoms with van der Waals surface area (Å²) in [4.78, 5) is 10.9. The second-order valence-corrected chi connectivity index (χ2v) is 19.5. The third-order valence-corrected chi connectivity index (χ3v) is 12.2. The highest BCUT2D eigenvalue weighted by atomic mass is 28.3. The molecule has 0 bridgehead atoms. The highest BCUT2D eigenvalue weighted by molar-refractivity contribution is 6.90. The molecule has 3 nitrogen and oxygen atoms in total. The summed E-state index contributed by atoms with van der Waals surface area (Å²) < 4.78 is 0. The number of hydrogen-bond acceptors (Lipinski definition) is 2. The van der Waals surface area contributed by atoms with Gasteiger partial charge in [0, 0.05) is 23.3 Å².